The lowest BCUT2D eigenvalue weighted by Crippen LogP contribution is -3.14. The summed E-state index contributed by atoms with van der Waals surface area (Å²) in [6.45, 7) is 7.39. The average Bonchev–Trinajstić information content (AvgIpc) is 2.80. The molecule has 2 aromatic carbocycles. The molecule has 3 unspecified atom stereocenters. The maximum atomic E-state index is 13.5. The minimum absolute atomic E-state index is 0.0570. The highest BCUT2D eigenvalue weighted by atomic mass is 17.0. The van der Waals surface area contributed by atoms with Gasteiger partial charge in [-0.2, -0.15) is 5.16 Å². The molecule has 1 heterocycles. The lowest BCUT2D eigenvalue weighted by Gasteiger charge is -2.39. The molecule has 0 aliphatic carbocycles. The first kappa shape index (κ1) is 20.4. The zero-order valence-corrected chi connectivity index (χ0v) is 16.5. The third-order valence-corrected chi connectivity index (χ3v) is 5.84. The van der Waals surface area contributed by atoms with Crippen LogP contribution >= 0.6 is 0 Å². The predicted molar refractivity (Wildman–Crippen MR) is 104 cm³/mol. The molecule has 149 valence electrons. The first-order valence-corrected chi connectivity index (χ1v) is 9.11. The van der Waals surface area contributed by atoms with E-state index in [4.69, 9.17) is 4.94 Å². The number of para-hydroxylation sites is 1. The Morgan fingerprint density at radius 3 is 2.14 bits per heavy atom. The monoisotopic (exact) mass is 386 g/mol. The molecule has 1 radical (unpaired) electrons. The van der Waals surface area contributed by atoms with Crippen LogP contribution in [0.2, 0.25) is 0 Å². The van der Waals surface area contributed by atoms with Crippen LogP contribution in [-0.2, 0) is 10.1 Å². The van der Waals surface area contributed by atoms with Gasteiger partial charge in [0.15, 0.2) is 6.17 Å². The van der Waals surface area contributed by atoms with E-state index >= 15 is 0 Å². The minimum Gasteiger partial charge on any atom is -0.632 e. The normalized spacial score (nSPS) is 26.4. The Hall–Kier alpha value is -2.33. The van der Waals surface area contributed by atoms with Crippen molar-refractivity contribution >= 4 is 12.0 Å². The SMILES string of the molecule is CC1(C)N(O[N+]([O])(C=[NH+][O-])c2ccccc2)C(c2ccccc2)[NH+]([O-])C1(C)C. The zero-order valence-electron chi connectivity index (χ0n) is 16.5. The van der Waals surface area contributed by atoms with E-state index in [0.29, 0.717) is 0 Å². The molecule has 0 spiro atoms. The van der Waals surface area contributed by atoms with Gasteiger partial charge in [0.2, 0.25) is 5.69 Å². The molecule has 1 aliphatic heterocycles. The topological polar surface area (TPSA) is 96.9 Å². The number of quaternary nitrogens is 2. The second-order valence-electron chi connectivity index (χ2n) is 7.95. The van der Waals surface area contributed by atoms with E-state index in [1.165, 1.54) is 5.06 Å². The van der Waals surface area contributed by atoms with E-state index in [9.17, 15) is 15.6 Å². The van der Waals surface area contributed by atoms with Crippen LogP contribution in [0, 0.1) is 10.4 Å². The second kappa shape index (κ2) is 7.25. The van der Waals surface area contributed by atoms with Gasteiger partial charge in [0.05, 0.1) is 5.21 Å². The van der Waals surface area contributed by atoms with Gasteiger partial charge in [-0.3, -0.25) is 0 Å². The highest BCUT2D eigenvalue weighted by molar-refractivity contribution is 5.64. The van der Waals surface area contributed by atoms with Crippen LogP contribution in [0.15, 0.2) is 60.7 Å². The quantitative estimate of drug-likeness (QED) is 0.261. The molecule has 8 nitrogen and oxygen atoms in total. The van der Waals surface area contributed by atoms with E-state index in [2.05, 4.69) is 0 Å². The van der Waals surface area contributed by atoms with Crippen molar-refractivity contribution in [2.24, 2.45) is 0 Å². The molecular weight excluding hydrogens is 360 g/mol. The minimum atomic E-state index is -1.50. The fourth-order valence-corrected chi connectivity index (χ4v) is 3.40. The fraction of sp³-hybridized carbons (Fsp3) is 0.350. The lowest BCUT2D eigenvalue weighted by atomic mass is 9.84. The number of rotatable bonds is 5. The van der Waals surface area contributed by atoms with E-state index in [-0.39, 0.29) is 10.8 Å². The number of hydroxylamine groups is 6. The third-order valence-electron chi connectivity index (χ3n) is 5.84. The molecule has 0 saturated carbocycles. The summed E-state index contributed by atoms with van der Waals surface area (Å²) in [6, 6.07) is 17.4. The standard InChI is InChI=1S/C20H26N4O4/c1-19(2)20(3,4)23(18(22(19)26)16-11-7-5-8-12-16)28-24(27,15-21-25)17-13-9-6-10-14-17/h5-15,18,21-22H,1-4H3/q+1. The molecule has 1 saturated heterocycles. The zero-order chi connectivity index (χ0) is 20.6. The van der Waals surface area contributed by atoms with Crippen LogP contribution in [0.5, 0.6) is 0 Å². The Morgan fingerprint density at radius 2 is 1.61 bits per heavy atom. The van der Waals surface area contributed by atoms with Gasteiger partial charge in [-0.25, -0.2) is 0 Å². The Morgan fingerprint density at radius 1 is 1.07 bits per heavy atom. The summed E-state index contributed by atoms with van der Waals surface area (Å²) < 4.78 is 0. The average molecular weight is 386 g/mol. The van der Waals surface area contributed by atoms with Crippen LogP contribution in [0.4, 0.5) is 5.69 Å². The summed E-state index contributed by atoms with van der Waals surface area (Å²) in [5.41, 5.74) is -0.685. The maximum Gasteiger partial charge on any atom is 0.412 e. The molecule has 3 rings (SSSR count). The van der Waals surface area contributed by atoms with E-state index < -0.39 is 22.1 Å². The van der Waals surface area contributed by atoms with Crippen molar-refractivity contribution in [2.45, 2.75) is 44.9 Å². The fourth-order valence-electron chi connectivity index (χ4n) is 3.40. The van der Waals surface area contributed by atoms with Crippen molar-refractivity contribution in [3.05, 3.63) is 76.6 Å². The van der Waals surface area contributed by atoms with Gasteiger partial charge in [0.1, 0.15) is 15.9 Å². The summed E-state index contributed by atoms with van der Waals surface area (Å²) >= 11 is 0. The first-order valence-electron chi connectivity index (χ1n) is 9.11. The van der Waals surface area contributed by atoms with Crippen molar-refractivity contribution in [3.8, 4) is 0 Å². The van der Waals surface area contributed by atoms with Crippen molar-refractivity contribution in [2.75, 3.05) is 0 Å². The van der Waals surface area contributed by atoms with E-state index in [1.807, 2.05) is 58.0 Å². The number of nitrogens with zero attached hydrogens (tertiary/aromatic N) is 2. The Balaban J connectivity index is 2.10. The van der Waals surface area contributed by atoms with Crippen LogP contribution in [0.25, 0.3) is 0 Å². The molecule has 0 aromatic heterocycles. The van der Waals surface area contributed by atoms with Crippen molar-refractivity contribution in [1.29, 1.82) is 0 Å². The molecule has 8 heteroatoms. The molecule has 28 heavy (non-hydrogen) atoms. The predicted octanol–water partition coefficient (Wildman–Crippen LogP) is 0.747. The number of hydrogen-bond donors (Lipinski definition) is 2. The van der Waals surface area contributed by atoms with Gasteiger partial charge < -0.3 is 15.5 Å². The van der Waals surface area contributed by atoms with E-state index in [1.54, 1.807) is 35.5 Å². The van der Waals surface area contributed by atoms with Gasteiger partial charge in [-0.1, -0.05) is 53.6 Å². The van der Waals surface area contributed by atoms with Gasteiger partial charge in [-0.15, -0.1) is 0 Å². The van der Waals surface area contributed by atoms with Crippen molar-refractivity contribution < 1.29 is 20.4 Å². The summed E-state index contributed by atoms with van der Waals surface area (Å²) in [7, 11) is 0. The number of nitrogens with one attached hydrogen (secondary N) is 2. The summed E-state index contributed by atoms with van der Waals surface area (Å²) in [5, 5.41) is 40.8. The van der Waals surface area contributed by atoms with E-state index in [0.717, 1.165) is 11.9 Å². The van der Waals surface area contributed by atoms with Crippen LogP contribution in [0.1, 0.15) is 39.4 Å². The molecule has 2 N–H and O–H groups in total. The Labute approximate surface area is 164 Å². The second-order valence-corrected chi connectivity index (χ2v) is 7.95. The molecule has 0 amide bonds. The molecule has 1 fully saturated rings. The highest BCUT2D eigenvalue weighted by Crippen LogP contribution is 2.40. The Bertz CT molecular complexity index is 829. The molecule has 2 aromatic rings. The largest absolute Gasteiger partial charge is 0.632 e. The summed E-state index contributed by atoms with van der Waals surface area (Å²) in [5.74, 6) is 0. The van der Waals surface area contributed by atoms with Gasteiger partial charge in [-0.05, 0) is 32.6 Å². The molecule has 3 atom stereocenters. The van der Waals surface area contributed by atoms with Crippen molar-refractivity contribution in [1.82, 2.24) is 9.87 Å². The summed E-state index contributed by atoms with van der Waals surface area (Å²) in [6.07, 6.45) is -0.0232. The van der Waals surface area contributed by atoms with Crippen LogP contribution < -0.4 is 15.0 Å². The Kier molecular flexibility index (Phi) is 5.28. The molecule has 0 bridgehead atoms. The van der Waals surface area contributed by atoms with Gasteiger partial charge in [0.25, 0.3) is 0 Å². The maximum absolute atomic E-state index is 13.5. The number of benzene rings is 2. The first-order chi connectivity index (χ1) is 13.1. The van der Waals surface area contributed by atoms with Crippen molar-refractivity contribution in [3.63, 3.8) is 0 Å². The number of hydrogen-bond acceptors (Lipinski definition) is 4. The summed E-state index contributed by atoms with van der Waals surface area (Å²) in [4.78, 5) is 4.39. The van der Waals surface area contributed by atoms with Gasteiger partial charge in [0, 0.05) is 17.7 Å². The van der Waals surface area contributed by atoms with Gasteiger partial charge >= 0.3 is 6.34 Å². The van der Waals surface area contributed by atoms with Crippen LogP contribution in [0.3, 0.4) is 0 Å². The molecule has 1 aliphatic rings. The molecular formula is C20H26N4O4+. The third kappa shape index (κ3) is 3.20. The highest BCUT2D eigenvalue weighted by Gasteiger charge is 2.64. The smallest absolute Gasteiger partial charge is 0.412 e. The lowest BCUT2D eigenvalue weighted by molar-refractivity contribution is -0.926. The van der Waals surface area contributed by atoms with Crippen LogP contribution in [-0.4, -0.2) is 22.5 Å².